The van der Waals surface area contributed by atoms with E-state index in [1.807, 2.05) is 0 Å². The maximum atomic E-state index is 14.6. The lowest BCUT2D eigenvalue weighted by Crippen LogP contribution is -2.51. The van der Waals surface area contributed by atoms with E-state index in [-0.39, 0.29) is 40.5 Å². The lowest BCUT2D eigenvalue weighted by molar-refractivity contribution is -0.265. The molecule has 10 nitrogen and oxygen atoms in total. The number of aliphatic hydroxyl groups is 1. The Bertz CT molecular complexity index is 1620. The second kappa shape index (κ2) is 12.7. The van der Waals surface area contributed by atoms with Crippen LogP contribution < -0.4 is 20.5 Å². The molecule has 226 valence electrons. The quantitative estimate of drug-likeness (QED) is 0.213. The van der Waals surface area contributed by atoms with Gasteiger partial charge in [-0.25, -0.2) is 9.37 Å². The second-order valence-corrected chi connectivity index (χ2v) is 9.96. The number of alkyl halides is 3. The van der Waals surface area contributed by atoms with E-state index < -0.39 is 48.1 Å². The summed E-state index contributed by atoms with van der Waals surface area (Å²) in [5, 5.41) is 21.4. The van der Waals surface area contributed by atoms with Crippen LogP contribution in [0.15, 0.2) is 54.0 Å². The number of ether oxygens (including phenoxy) is 2. The number of nitrogens with two attached hydrogens (primary N) is 1. The SMILES string of the molecule is CCOc1c(CC(N)=O)cc([C@@](O)(CNC(=O)c2ccc(-c3nncs3)c(OC)c2)C(F)(F)F)nc1-c1ccc(F)cc1. The van der Waals surface area contributed by atoms with Gasteiger partial charge in [0.2, 0.25) is 11.5 Å². The van der Waals surface area contributed by atoms with Gasteiger partial charge in [-0.3, -0.25) is 9.59 Å². The van der Waals surface area contributed by atoms with Gasteiger partial charge in [0.25, 0.3) is 5.91 Å². The van der Waals surface area contributed by atoms with Gasteiger partial charge in [0.05, 0.1) is 37.9 Å². The number of benzene rings is 2. The summed E-state index contributed by atoms with van der Waals surface area (Å²) < 4.78 is 68.2. The number of nitrogens with one attached hydrogen (secondary N) is 1. The fourth-order valence-electron chi connectivity index (χ4n) is 4.17. The molecule has 0 fully saturated rings. The third-order valence-electron chi connectivity index (χ3n) is 6.27. The Morgan fingerprint density at radius 2 is 1.84 bits per heavy atom. The number of primary amides is 1. The Morgan fingerprint density at radius 3 is 2.42 bits per heavy atom. The molecule has 2 aromatic heterocycles. The number of amides is 2. The zero-order valence-corrected chi connectivity index (χ0v) is 23.6. The maximum Gasteiger partial charge on any atom is 0.424 e. The first-order valence-electron chi connectivity index (χ1n) is 12.6. The van der Waals surface area contributed by atoms with Crippen molar-refractivity contribution in [2.24, 2.45) is 5.73 Å². The Kier molecular flexibility index (Phi) is 9.25. The predicted octanol–water partition coefficient (Wildman–Crippen LogP) is 4.02. The van der Waals surface area contributed by atoms with E-state index in [1.54, 1.807) is 6.92 Å². The van der Waals surface area contributed by atoms with Gasteiger partial charge in [-0.1, -0.05) is 11.3 Å². The fourth-order valence-corrected chi connectivity index (χ4v) is 4.76. The van der Waals surface area contributed by atoms with Crippen LogP contribution in [-0.4, -0.2) is 58.5 Å². The molecule has 15 heteroatoms. The Labute approximate surface area is 246 Å². The van der Waals surface area contributed by atoms with E-state index in [2.05, 4.69) is 20.5 Å². The highest BCUT2D eigenvalue weighted by Crippen LogP contribution is 2.42. The molecular weight excluding hydrogens is 594 g/mol. The first-order chi connectivity index (χ1) is 20.4. The number of carbonyl (C=O) groups is 2. The molecule has 43 heavy (non-hydrogen) atoms. The van der Waals surface area contributed by atoms with Crippen LogP contribution in [0.4, 0.5) is 17.6 Å². The molecule has 0 unspecified atom stereocenters. The highest BCUT2D eigenvalue weighted by molar-refractivity contribution is 7.12. The summed E-state index contributed by atoms with van der Waals surface area (Å²) in [6.45, 7) is 0.297. The molecule has 4 N–H and O–H groups in total. The number of pyridine rings is 1. The van der Waals surface area contributed by atoms with E-state index in [0.717, 1.165) is 18.2 Å². The lowest BCUT2D eigenvalue weighted by Gasteiger charge is -2.31. The number of aromatic nitrogens is 3. The summed E-state index contributed by atoms with van der Waals surface area (Å²) in [5.74, 6) is -2.29. The minimum absolute atomic E-state index is 0.0435. The summed E-state index contributed by atoms with van der Waals surface area (Å²) in [6.07, 6.45) is -5.91. The van der Waals surface area contributed by atoms with Crippen molar-refractivity contribution in [1.82, 2.24) is 20.5 Å². The van der Waals surface area contributed by atoms with E-state index in [4.69, 9.17) is 15.2 Å². The van der Waals surface area contributed by atoms with Gasteiger partial charge in [0.15, 0.2) is 5.01 Å². The summed E-state index contributed by atoms with van der Waals surface area (Å²) in [7, 11) is 1.35. The third kappa shape index (κ3) is 6.73. The first-order valence-corrected chi connectivity index (χ1v) is 13.5. The van der Waals surface area contributed by atoms with Gasteiger partial charge in [0.1, 0.15) is 28.5 Å². The molecule has 0 aliphatic heterocycles. The van der Waals surface area contributed by atoms with Crippen LogP contribution in [0.3, 0.4) is 0 Å². The largest absolute Gasteiger partial charge is 0.496 e. The van der Waals surface area contributed by atoms with Crippen molar-refractivity contribution < 1.29 is 41.7 Å². The first kappa shape index (κ1) is 31.3. The molecule has 0 bridgehead atoms. The van der Waals surface area contributed by atoms with E-state index >= 15 is 0 Å². The van der Waals surface area contributed by atoms with Crippen molar-refractivity contribution in [2.45, 2.75) is 25.1 Å². The molecule has 4 rings (SSSR count). The van der Waals surface area contributed by atoms with Gasteiger partial charge >= 0.3 is 6.18 Å². The zero-order chi connectivity index (χ0) is 31.4. The molecule has 0 aliphatic rings. The zero-order valence-electron chi connectivity index (χ0n) is 22.7. The molecular formula is C28H25F4N5O5S. The van der Waals surface area contributed by atoms with E-state index in [1.165, 1.54) is 54.3 Å². The minimum atomic E-state index is -5.36. The molecule has 1 atom stereocenters. The second-order valence-electron chi connectivity index (χ2n) is 9.13. The van der Waals surface area contributed by atoms with Crippen LogP contribution in [0.1, 0.15) is 28.5 Å². The number of hydrogen-bond acceptors (Lipinski definition) is 9. The average molecular weight is 620 g/mol. The molecule has 0 saturated heterocycles. The molecule has 0 aliphatic carbocycles. The number of rotatable bonds is 11. The van der Waals surface area contributed by atoms with Gasteiger partial charge in [0, 0.05) is 16.7 Å². The van der Waals surface area contributed by atoms with Crippen LogP contribution in [0.2, 0.25) is 0 Å². The van der Waals surface area contributed by atoms with Gasteiger partial charge < -0.3 is 25.6 Å². The molecule has 4 aromatic rings. The smallest absolute Gasteiger partial charge is 0.424 e. The number of carbonyl (C=O) groups excluding carboxylic acids is 2. The van der Waals surface area contributed by atoms with Crippen molar-refractivity contribution in [2.75, 3.05) is 20.3 Å². The van der Waals surface area contributed by atoms with Crippen molar-refractivity contribution in [3.05, 3.63) is 76.7 Å². The van der Waals surface area contributed by atoms with Gasteiger partial charge in [-0.05, 0) is 55.5 Å². The topological polar surface area (TPSA) is 150 Å². The normalized spacial score (nSPS) is 12.8. The summed E-state index contributed by atoms with van der Waals surface area (Å²) in [5.41, 5.74) is 2.49. The van der Waals surface area contributed by atoms with Crippen LogP contribution in [0.5, 0.6) is 11.5 Å². The monoisotopic (exact) mass is 619 g/mol. The van der Waals surface area contributed by atoms with Crippen LogP contribution in [0.25, 0.3) is 21.8 Å². The van der Waals surface area contributed by atoms with Gasteiger partial charge in [-0.2, -0.15) is 13.2 Å². The van der Waals surface area contributed by atoms with Crippen molar-refractivity contribution in [1.29, 1.82) is 0 Å². The van der Waals surface area contributed by atoms with E-state index in [0.29, 0.717) is 10.6 Å². The Hall–Kier alpha value is -4.63. The summed E-state index contributed by atoms with van der Waals surface area (Å²) >= 11 is 1.22. The van der Waals surface area contributed by atoms with Crippen molar-refractivity contribution >= 4 is 23.2 Å². The number of methoxy groups -OCH3 is 1. The van der Waals surface area contributed by atoms with Crippen LogP contribution in [0, 0.1) is 5.82 Å². The van der Waals surface area contributed by atoms with Crippen molar-refractivity contribution in [3.8, 4) is 33.3 Å². The number of hydrogen-bond donors (Lipinski definition) is 3. The molecule has 2 amide bonds. The highest BCUT2D eigenvalue weighted by atomic mass is 32.1. The third-order valence-corrected chi connectivity index (χ3v) is 7.00. The molecule has 0 saturated carbocycles. The molecule has 2 aromatic carbocycles. The number of halogens is 4. The van der Waals surface area contributed by atoms with Crippen LogP contribution >= 0.6 is 11.3 Å². The molecule has 2 heterocycles. The lowest BCUT2D eigenvalue weighted by atomic mass is 9.93. The predicted molar refractivity (Wildman–Crippen MR) is 148 cm³/mol. The van der Waals surface area contributed by atoms with Crippen LogP contribution in [-0.2, 0) is 16.8 Å². The van der Waals surface area contributed by atoms with E-state index in [9.17, 15) is 32.3 Å². The van der Waals surface area contributed by atoms with Crippen molar-refractivity contribution in [3.63, 3.8) is 0 Å². The maximum absolute atomic E-state index is 14.6. The number of nitrogens with zero attached hydrogens (tertiary/aromatic N) is 3. The average Bonchev–Trinajstić information content (AvgIpc) is 3.50. The minimum Gasteiger partial charge on any atom is -0.496 e. The molecule has 0 spiro atoms. The Balaban J connectivity index is 1.75. The highest BCUT2D eigenvalue weighted by Gasteiger charge is 2.56. The van der Waals surface area contributed by atoms with Gasteiger partial charge in [-0.15, -0.1) is 10.2 Å². The fraction of sp³-hybridized carbons (Fsp3) is 0.250. The summed E-state index contributed by atoms with van der Waals surface area (Å²) in [6, 6.07) is 9.66. The molecule has 0 radical (unpaired) electrons. The summed E-state index contributed by atoms with van der Waals surface area (Å²) in [4.78, 5) is 28.9. The Morgan fingerprint density at radius 1 is 1.12 bits per heavy atom. The standard InChI is InChI=1S/C28H25F4N5O5S/c1-3-42-24-17(12-22(33)38)11-21(36-23(24)15-4-7-18(29)8-5-15)27(40,28(30,31)32)13-34-25(39)16-6-9-19(20(10-16)41-2)26-37-35-14-43-26/h4-11,14,40H,3,12-13H2,1-2H3,(H2,33,38)(H,34,39)/t27-/m0/s1.